The molecule has 24 heavy (non-hydrogen) atoms. The zero-order valence-electron chi connectivity index (χ0n) is 14.1. The SMILES string of the molecule is CCNC(=O)c1cccc(CNC(=NC)NCCc2ccco2)c1. The van der Waals surface area contributed by atoms with Crippen LogP contribution < -0.4 is 16.0 Å². The summed E-state index contributed by atoms with van der Waals surface area (Å²) in [7, 11) is 1.73. The number of aliphatic imine (C=N–C) groups is 1. The number of hydrogen-bond donors (Lipinski definition) is 3. The lowest BCUT2D eigenvalue weighted by molar-refractivity contribution is 0.0955. The van der Waals surface area contributed by atoms with Crippen LogP contribution in [0, 0.1) is 0 Å². The molecule has 1 heterocycles. The van der Waals surface area contributed by atoms with Crippen molar-refractivity contribution >= 4 is 11.9 Å². The summed E-state index contributed by atoms with van der Waals surface area (Å²) in [5.74, 6) is 1.60. The molecule has 3 N–H and O–H groups in total. The molecule has 0 aliphatic carbocycles. The largest absolute Gasteiger partial charge is 0.469 e. The van der Waals surface area contributed by atoms with Gasteiger partial charge in [0.1, 0.15) is 5.76 Å². The highest BCUT2D eigenvalue weighted by molar-refractivity contribution is 5.94. The summed E-state index contributed by atoms with van der Waals surface area (Å²) in [4.78, 5) is 16.1. The lowest BCUT2D eigenvalue weighted by Gasteiger charge is -2.12. The van der Waals surface area contributed by atoms with E-state index < -0.39 is 0 Å². The standard InChI is InChI=1S/C18H24N4O2/c1-3-20-17(23)15-7-4-6-14(12-15)13-22-18(19-2)21-10-9-16-8-5-11-24-16/h4-8,11-12H,3,9-10,13H2,1-2H3,(H,20,23)(H2,19,21,22). The number of nitrogens with one attached hydrogen (secondary N) is 3. The molecule has 0 saturated heterocycles. The molecule has 0 fully saturated rings. The lowest BCUT2D eigenvalue weighted by Crippen LogP contribution is -2.37. The van der Waals surface area contributed by atoms with Crippen molar-refractivity contribution in [3.8, 4) is 0 Å². The molecule has 1 amide bonds. The summed E-state index contributed by atoms with van der Waals surface area (Å²) < 4.78 is 5.30. The Bertz CT molecular complexity index is 665. The first-order valence-electron chi connectivity index (χ1n) is 8.07. The van der Waals surface area contributed by atoms with E-state index in [1.165, 1.54) is 0 Å². The van der Waals surface area contributed by atoms with Gasteiger partial charge in [-0.3, -0.25) is 9.79 Å². The number of hydrogen-bond acceptors (Lipinski definition) is 3. The maximum Gasteiger partial charge on any atom is 0.251 e. The molecule has 0 radical (unpaired) electrons. The van der Waals surface area contributed by atoms with E-state index in [0.717, 1.165) is 24.3 Å². The minimum absolute atomic E-state index is 0.0553. The summed E-state index contributed by atoms with van der Waals surface area (Å²) >= 11 is 0. The van der Waals surface area contributed by atoms with E-state index >= 15 is 0 Å². The molecule has 1 aromatic carbocycles. The number of carbonyl (C=O) groups excluding carboxylic acids is 1. The van der Waals surface area contributed by atoms with Crippen LogP contribution in [0.25, 0.3) is 0 Å². The van der Waals surface area contributed by atoms with Crippen LogP contribution in [0.5, 0.6) is 0 Å². The third-order valence-corrected chi connectivity index (χ3v) is 3.45. The number of amides is 1. The molecule has 128 valence electrons. The maximum absolute atomic E-state index is 11.9. The van der Waals surface area contributed by atoms with Crippen molar-refractivity contribution in [2.75, 3.05) is 20.1 Å². The molecule has 0 bridgehead atoms. The first-order chi connectivity index (χ1) is 11.7. The summed E-state index contributed by atoms with van der Waals surface area (Å²) in [5, 5.41) is 9.28. The lowest BCUT2D eigenvalue weighted by atomic mass is 10.1. The van der Waals surface area contributed by atoms with Gasteiger partial charge in [-0.2, -0.15) is 0 Å². The molecule has 0 saturated carbocycles. The quantitative estimate of drug-likeness (QED) is 0.536. The van der Waals surface area contributed by atoms with Crippen molar-refractivity contribution in [2.45, 2.75) is 19.9 Å². The molecule has 2 rings (SSSR count). The fourth-order valence-corrected chi connectivity index (χ4v) is 2.25. The number of guanidine groups is 1. The van der Waals surface area contributed by atoms with E-state index in [1.54, 1.807) is 13.3 Å². The Hall–Kier alpha value is -2.76. The molecular formula is C18H24N4O2. The Labute approximate surface area is 142 Å². The highest BCUT2D eigenvalue weighted by Gasteiger charge is 2.05. The average molecular weight is 328 g/mol. The first-order valence-corrected chi connectivity index (χ1v) is 8.07. The van der Waals surface area contributed by atoms with Gasteiger partial charge in [0.05, 0.1) is 6.26 Å². The number of benzene rings is 1. The van der Waals surface area contributed by atoms with E-state index in [-0.39, 0.29) is 5.91 Å². The van der Waals surface area contributed by atoms with Gasteiger partial charge in [-0.1, -0.05) is 12.1 Å². The smallest absolute Gasteiger partial charge is 0.251 e. The number of carbonyl (C=O) groups is 1. The fraction of sp³-hybridized carbons (Fsp3) is 0.333. The van der Waals surface area contributed by atoms with Crippen molar-refractivity contribution < 1.29 is 9.21 Å². The van der Waals surface area contributed by atoms with E-state index in [4.69, 9.17) is 4.42 Å². The predicted octanol–water partition coefficient (Wildman–Crippen LogP) is 1.94. The highest BCUT2D eigenvalue weighted by Crippen LogP contribution is 2.05. The van der Waals surface area contributed by atoms with E-state index in [9.17, 15) is 4.79 Å². The Morgan fingerprint density at radius 1 is 1.17 bits per heavy atom. The molecule has 0 unspecified atom stereocenters. The van der Waals surface area contributed by atoms with Gasteiger partial charge in [0, 0.05) is 38.7 Å². The Morgan fingerprint density at radius 3 is 2.75 bits per heavy atom. The minimum Gasteiger partial charge on any atom is -0.469 e. The van der Waals surface area contributed by atoms with Gasteiger partial charge in [0.2, 0.25) is 0 Å². The van der Waals surface area contributed by atoms with Crippen LogP contribution in [0.3, 0.4) is 0 Å². The molecule has 0 spiro atoms. The van der Waals surface area contributed by atoms with Crippen LogP contribution >= 0.6 is 0 Å². The van der Waals surface area contributed by atoms with Gasteiger partial charge >= 0.3 is 0 Å². The number of nitrogens with zero attached hydrogens (tertiary/aromatic N) is 1. The van der Waals surface area contributed by atoms with E-state index in [1.807, 2.05) is 43.3 Å². The molecule has 6 heteroatoms. The minimum atomic E-state index is -0.0553. The third-order valence-electron chi connectivity index (χ3n) is 3.45. The van der Waals surface area contributed by atoms with E-state index in [0.29, 0.717) is 24.6 Å². The zero-order chi connectivity index (χ0) is 17.2. The van der Waals surface area contributed by atoms with Crippen molar-refractivity contribution in [3.05, 3.63) is 59.5 Å². The molecule has 0 atom stereocenters. The second-order valence-electron chi connectivity index (χ2n) is 5.24. The third kappa shape index (κ3) is 5.46. The van der Waals surface area contributed by atoms with Crippen LogP contribution in [0.4, 0.5) is 0 Å². The van der Waals surface area contributed by atoms with Crippen molar-refractivity contribution in [2.24, 2.45) is 4.99 Å². The highest BCUT2D eigenvalue weighted by atomic mass is 16.3. The van der Waals surface area contributed by atoms with Gasteiger partial charge in [-0.15, -0.1) is 0 Å². The maximum atomic E-state index is 11.9. The topological polar surface area (TPSA) is 78.7 Å². The van der Waals surface area contributed by atoms with Crippen LogP contribution in [0.2, 0.25) is 0 Å². The molecule has 2 aromatic rings. The van der Waals surface area contributed by atoms with Gasteiger partial charge in [0.15, 0.2) is 5.96 Å². The summed E-state index contributed by atoms with van der Waals surface area (Å²) in [6, 6.07) is 11.4. The Morgan fingerprint density at radius 2 is 2.04 bits per heavy atom. The molecule has 0 aliphatic heterocycles. The fourth-order valence-electron chi connectivity index (χ4n) is 2.25. The summed E-state index contributed by atoms with van der Waals surface area (Å²) in [6.07, 6.45) is 2.46. The monoisotopic (exact) mass is 328 g/mol. The van der Waals surface area contributed by atoms with Gasteiger partial charge in [0.25, 0.3) is 5.91 Å². The average Bonchev–Trinajstić information content (AvgIpc) is 3.12. The van der Waals surface area contributed by atoms with Crippen LogP contribution in [0.1, 0.15) is 28.6 Å². The first kappa shape index (κ1) is 17.6. The second-order valence-corrected chi connectivity index (χ2v) is 5.24. The summed E-state index contributed by atoms with van der Waals surface area (Å²) in [6.45, 7) is 3.84. The Balaban J connectivity index is 1.82. The van der Waals surface area contributed by atoms with Gasteiger partial charge in [-0.05, 0) is 36.8 Å². The van der Waals surface area contributed by atoms with Crippen LogP contribution in [-0.2, 0) is 13.0 Å². The van der Waals surface area contributed by atoms with Crippen LogP contribution in [-0.4, -0.2) is 32.0 Å². The normalized spacial score (nSPS) is 11.2. The molecule has 6 nitrogen and oxygen atoms in total. The van der Waals surface area contributed by atoms with Crippen molar-refractivity contribution in [1.29, 1.82) is 0 Å². The summed E-state index contributed by atoms with van der Waals surface area (Å²) in [5.41, 5.74) is 1.68. The van der Waals surface area contributed by atoms with Crippen molar-refractivity contribution in [1.82, 2.24) is 16.0 Å². The van der Waals surface area contributed by atoms with Crippen molar-refractivity contribution in [3.63, 3.8) is 0 Å². The molecular weight excluding hydrogens is 304 g/mol. The molecule has 1 aromatic heterocycles. The number of rotatable bonds is 7. The number of furan rings is 1. The predicted molar refractivity (Wildman–Crippen MR) is 95.1 cm³/mol. The Kier molecular flexibility index (Phi) is 6.89. The van der Waals surface area contributed by atoms with E-state index in [2.05, 4.69) is 20.9 Å². The van der Waals surface area contributed by atoms with Crippen LogP contribution in [0.15, 0.2) is 52.1 Å². The molecule has 0 aliphatic rings. The van der Waals surface area contributed by atoms with Gasteiger partial charge in [-0.25, -0.2) is 0 Å². The second kappa shape index (κ2) is 9.39. The van der Waals surface area contributed by atoms with Gasteiger partial charge < -0.3 is 20.4 Å². The zero-order valence-corrected chi connectivity index (χ0v) is 14.1.